The van der Waals surface area contributed by atoms with Crippen molar-refractivity contribution < 1.29 is 28.9 Å². The summed E-state index contributed by atoms with van der Waals surface area (Å²) in [6.45, 7) is 0.0841. The van der Waals surface area contributed by atoms with Gasteiger partial charge in [0.15, 0.2) is 6.10 Å². The van der Waals surface area contributed by atoms with Crippen molar-refractivity contribution in [3.05, 3.63) is 72.3 Å². The van der Waals surface area contributed by atoms with Crippen LogP contribution in [0.2, 0.25) is 0 Å². The van der Waals surface area contributed by atoms with E-state index in [-0.39, 0.29) is 18.1 Å². The van der Waals surface area contributed by atoms with E-state index in [4.69, 9.17) is 14.2 Å². The van der Waals surface area contributed by atoms with Gasteiger partial charge in [0.25, 0.3) is 0 Å². The number of aromatic hydroxyl groups is 1. The molecule has 0 bridgehead atoms. The number of benzene rings is 3. The van der Waals surface area contributed by atoms with Crippen molar-refractivity contribution in [1.82, 2.24) is 0 Å². The van der Waals surface area contributed by atoms with Crippen LogP contribution in [0.15, 0.2) is 66.7 Å². The molecule has 7 nitrogen and oxygen atoms in total. The minimum absolute atomic E-state index is 0.0248. The molecule has 0 saturated carbocycles. The Kier molecular flexibility index (Phi) is 8.35. The van der Waals surface area contributed by atoms with Crippen LogP contribution in [-0.4, -0.2) is 42.7 Å². The second-order valence-corrected chi connectivity index (χ2v) is 7.33. The Hall–Kier alpha value is -3.23. The molecule has 3 aromatic carbocycles. The van der Waals surface area contributed by atoms with Crippen molar-refractivity contribution in [3.8, 4) is 5.75 Å². The Balaban J connectivity index is 1.78. The number of phenolic OH excluding ortho intramolecular Hbond substituents is 1. The summed E-state index contributed by atoms with van der Waals surface area (Å²) < 4.78 is 16.4. The number of phenols is 1. The summed E-state index contributed by atoms with van der Waals surface area (Å²) in [7, 11) is 1.49. The summed E-state index contributed by atoms with van der Waals surface area (Å²) >= 11 is 3.88. The van der Waals surface area contributed by atoms with Crippen LogP contribution >= 0.6 is 12.6 Å². The SMILES string of the molecule is CO[C@H](CCOC(=O)CS)[C@H](OC(=O)Nc1cccc2ccccc12)c1ccc(O)cc1. The van der Waals surface area contributed by atoms with Gasteiger partial charge in [-0.1, -0.05) is 48.5 Å². The van der Waals surface area contributed by atoms with Crippen molar-refractivity contribution in [2.45, 2.75) is 18.6 Å². The average Bonchev–Trinajstić information content (AvgIpc) is 2.81. The number of carbonyl (C=O) groups is 2. The number of amides is 1. The molecule has 2 N–H and O–H groups in total. The third-order valence-corrected chi connectivity index (χ3v) is 5.18. The zero-order valence-electron chi connectivity index (χ0n) is 17.6. The highest BCUT2D eigenvalue weighted by atomic mass is 32.1. The molecule has 0 aliphatic rings. The van der Waals surface area contributed by atoms with E-state index in [1.54, 1.807) is 18.2 Å². The molecule has 0 radical (unpaired) electrons. The van der Waals surface area contributed by atoms with Crippen molar-refractivity contribution >= 4 is 41.2 Å². The zero-order chi connectivity index (χ0) is 22.9. The summed E-state index contributed by atoms with van der Waals surface area (Å²) in [5.74, 6) is -0.383. The molecule has 0 fully saturated rings. The van der Waals surface area contributed by atoms with E-state index >= 15 is 0 Å². The number of rotatable bonds is 9. The topological polar surface area (TPSA) is 94.1 Å². The monoisotopic (exact) mass is 455 g/mol. The first-order chi connectivity index (χ1) is 15.5. The standard InChI is InChI=1S/C24H25NO6S/c1-29-21(13-14-30-22(27)15-32)23(17-9-11-18(26)12-10-17)31-24(28)25-20-8-4-6-16-5-2-3-7-19(16)20/h2-12,21,23,26,32H,13-15H2,1H3,(H,25,28)/t21-,23-/m1/s1. The summed E-state index contributed by atoms with van der Waals surface area (Å²) in [6, 6.07) is 19.6. The molecule has 0 unspecified atom stereocenters. The number of carbonyl (C=O) groups excluding carboxylic acids is 2. The molecule has 32 heavy (non-hydrogen) atoms. The molecule has 2 atom stereocenters. The van der Waals surface area contributed by atoms with E-state index in [0.717, 1.165) is 10.8 Å². The Labute approximate surface area is 191 Å². The minimum atomic E-state index is -0.801. The van der Waals surface area contributed by atoms with Gasteiger partial charge in [-0.2, -0.15) is 12.6 Å². The van der Waals surface area contributed by atoms with Gasteiger partial charge in [0.05, 0.1) is 18.0 Å². The number of ether oxygens (including phenoxy) is 3. The molecule has 1 amide bonds. The largest absolute Gasteiger partial charge is 0.508 e. The van der Waals surface area contributed by atoms with Gasteiger partial charge in [-0.3, -0.25) is 10.1 Å². The first-order valence-electron chi connectivity index (χ1n) is 10.1. The normalized spacial score (nSPS) is 12.7. The van der Waals surface area contributed by atoms with Gasteiger partial charge < -0.3 is 19.3 Å². The molecular formula is C24H25NO6S. The van der Waals surface area contributed by atoms with Gasteiger partial charge >= 0.3 is 12.1 Å². The number of esters is 1. The Morgan fingerprint density at radius 1 is 1.03 bits per heavy atom. The molecule has 3 rings (SSSR count). The molecule has 0 aromatic heterocycles. The van der Waals surface area contributed by atoms with E-state index in [1.165, 1.54) is 19.2 Å². The van der Waals surface area contributed by atoms with Gasteiger partial charge in [0.1, 0.15) is 11.9 Å². The van der Waals surface area contributed by atoms with Gasteiger partial charge in [-0.25, -0.2) is 4.79 Å². The molecule has 8 heteroatoms. The fraction of sp³-hybridized carbons (Fsp3) is 0.250. The lowest BCUT2D eigenvalue weighted by Gasteiger charge is -2.26. The highest BCUT2D eigenvalue weighted by molar-refractivity contribution is 7.81. The summed E-state index contributed by atoms with van der Waals surface area (Å²) in [4.78, 5) is 24.2. The Morgan fingerprint density at radius 3 is 2.47 bits per heavy atom. The number of thiol groups is 1. The van der Waals surface area contributed by atoms with Crippen molar-refractivity contribution in [3.63, 3.8) is 0 Å². The van der Waals surface area contributed by atoms with E-state index in [1.807, 2.05) is 36.4 Å². The lowest BCUT2D eigenvalue weighted by atomic mass is 10.0. The maximum atomic E-state index is 12.8. The zero-order valence-corrected chi connectivity index (χ0v) is 18.5. The quantitative estimate of drug-likeness (QED) is 0.320. The molecule has 0 aliphatic heterocycles. The van der Waals surface area contributed by atoms with Crippen LogP contribution < -0.4 is 5.32 Å². The number of hydrogen-bond acceptors (Lipinski definition) is 7. The third kappa shape index (κ3) is 6.15. The predicted octanol–water partition coefficient (Wildman–Crippen LogP) is 4.71. The molecule has 0 spiro atoms. The molecule has 168 valence electrons. The van der Waals surface area contributed by atoms with Crippen LogP contribution in [0.5, 0.6) is 5.75 Å². The van der Waals surface area contributed by atoms with Gasteiger partial charge in [-0.05, 0) is 29.1 Å². The lowest BCUT2D eigenvalue weighted by molar-refractivity contribution is -0.141. The second kappa shape index (κ2) is 11.4. The third-order valence-electron chi connectivity index (χ3n) is 4.92. The number of methoxy groups -OCH3 is 1. The number of nitrogens with one attached hydrogen (secondary N) is 1. The maximum absolute atomic E-state index is 12.8. The number of fused-ring (bicyclic) bond motifs is 1. The van der Waals surface area contributed by atoms with Gasteiger partial charge in [0.2, 0.25) is 0 Å². The highest BCUT2D eigenvalue weighted by Crippen LogP contribution is 2.29. The van der Waals surface area contributed by atoms with E-state index in [9.17, 15) is 14.7 Å². The van der Waals surface area contributed by atoms with Crippen molar-refractivity contribution in [1.29, 1.82) is 0 Å². The van der Waals surface area contributed by atoms with Crippen molar-refractivity contribution in [2.75, 3.05) is 24.8 Å². The highest BCUT2D eigenvalue weighted by Gasteiger charge is 2.28. The molecule has 0 heterocycles. The summed E-state index contributed by atoms with van der Waals surface area (Å²) in [5, 5.41) is 14.3. The molecule has 0 saturated heterocycles. The van der Waals surface area contributed by atoms with E-state index in [2.05, 4.69) is 17.9 Å². The van der Waals surface area contributed by atoms with E-state index < -0.39 is 24.3 Å². The first kappa shape index (κ1) is 23.4. The first-order valence-corrected chi connectivity index (χ1v) is 10.7. The second-order valence-electron chi connectivity index (χ2n) is 7.01. The fourth-order valence-electron chi connectivity index (χ4n) is 3.34. The Bertz CT molecular complexity index is 1050. The van der Waals surface area contributed by atoms with Crippen LogP contribution in [0.1, 0.15) is 18.1 Å². The number of hydrogen-bond donors (Lipinski definition) is 3. The smallest absolute Gasteiger partial charge is 0.412 e. The molecular weight excluding hydrogens is 430 g/mol. The van der Waals surface area contributed by atoms with Crippen molar-refractivity contribution in [2.24, 2.45) is 0 Å². The summed E-state index contributed by atoms with van der Waals surface area (Å²) in [5.41, 5.74) is 1.25. The fourth-order valence-corrected chi connectivity index (χ4v) is 3.43. The Morgan fingerprint density at radius 2 is 1.75 bits per heavy atom. The van der Waals surface area contributed by atoms with Crippen LogP contribution in [0.4, 0.5) is 10.5 Å². The lowest BCUT2D eigenvalue weighted by Crippen LogP contribution is -2.29. The number of anilines is 1. The van der Waals surface area contributed by atoms with Crippen LogP contribution in [0.25, 0.3) is 10.8 Å². The minimum Gasteiger partial charge on any atom is -0.508 e. The molecule has 0 aliphatic carbocycles. The van der Waals surface area contributed by atoms with Crippen LogP contribution in [-0.2, 0) is 19.0 Å². The van der Waals surface area contributed by atoms with Gasteiger partial charge in [0, 0.05) is 18.9 Å². The maximum Gasteiger partial charge on any atom is 0.412 e. The van der Waals surface area contributed by atoms with Crippen LogP contribution in [0.3, 0.4) is 0 Å². The van der Waals surface area contributed by atoms with Crippen LogP contribution in [0, 0.1) is 0 Å². The van der Waals surface area contributed by atoms with Gasteiger partial charge in [-0.15, -0.1) is 0 Å². The average molecular weight is 456 g/mol. The summed E-state index contributed by atoms with van der Waals surface area (Å²) in [6.07, 6.45) is -1.76. The molecule has 3 aromatic rings. The van der Waals surface area contributed by atoms with E-state index in [0.29, 0.717) is 17.7 Å². The predicted molar refractivity (Wildman–Crippen MR) is 125 cm³/mol.